The van der Waals surface area contributed by atoms with Gasteiger partial charge in [-0.3, -0.25) is 0 Å². The molecule has 0 heterocycles. The van der Waals surface area contributed by atoms with Gasteiger partial charge in [0.1, 0.15) is 0 Å². The molecule has 0 aromatic heterocycles. The van der Waals surface area contributed by atoms with Crippen LogP contribution in [-0.2, 0) is 0 Å². The topological polar surface area (TPSA) is 40.5 Å². The van der Waals surface area contributed by atoms with Gasteiger partial charge in [-0.05, 0) is 11.5 Å². The fraction of sp³-hybridized carbons (Fsp3) is 0.333. The lowest BCUT2D eigenvalue weighted by Gasteiger charge is -2.15. The van der Waals surface area contributed by atoms with Gasteiger partial charge in [0.05, 0.1) is 0 Å². The lowest BCUT2D eigenvalue weighted by Crippen LogP contribution is -2.20. The zero-order valence-corrected chi connectivity index (χ0v) is 6.42. The summed E-state index contributed by atoms with van der Waals surface area (Å²) < 4.78 is 12.8. The van der Waals surface area contributed by atoms with Crippen LogP contribution < -0.4 is 0 Å². The standard InChI is InChI=1S/C6H7BClFO2/c8-6(9)3-1-5(2-4-6)7(10)11/h1-3,10-11H,4H2. The fourth-order valence-electron chi connectivity index (χ4n) is 0.800. The molecule has 0 saturated heterocycles. The zero-order valence-electron chi connectivity index (χ0n) is 5.67. The molecule has 5 heteroatoms. The molecule has 0 spiro atoms. The average molecular weight is 176 g/mol. The molecule has 1 aliphatic rings. The lowest BCUT2D eigenvalue weighted by molar-refractivity contribution is 0.346. The van der Waals surface area contributed by atoms with Gasteiger partial charge in [-0.15, -0.1) is 0 Å². The summed E-state index contributed by atoms with van der Waals surface area (Å²) in [5, 5.41) is 15.4. The third-order valence-corrected chi connectivity index (χ3v) is 1.71. The summed E-state index contributed by atoms with van der Waals surface area (Å²) in [6.07, 6.45) is 3.69. The molecule has 0 radical (unpaired) electrons. The van der Waals surface area contributed by atoms with Crippen LogP contribution in [0, 0.1) is 0 Å². The molecule has 1 aliphatic carbocycles. The predicted octanol–water partition coefficient (Wildman–Crippen LogP) is 0.789. The Bertz CT molecular complexity index is 213. The number of halogens is 2. The molecule has 0 aromatic rings. The first-order valence-electron chi connectivity index (χ1n) is 3.14. The van der Waals surface area contributed by atoms with Crippen LogP contribution in [-0.4, -0.2) is 22.3 Å². The van der Waals surface area contributed by atoms with Crippen molar-refractivity contribution in [3.63, 3.8) is 0 Å². The van der Waals surface area contributed by atoms with E-state index in [1.165, 1.54) is 12.2 Å². The van der Waals surface area contributed by atoms with E-state index < -0.39 is 12.2 Å². The van der Waals surface area contributed by atoms with Crippen molar-refractivity contribution >= 4 is 18.7 Å². The van der Waals surface area contributed by atoms with Crippen molar-refractivity contribution in [3.8, 4) is 0 Å². The van der Waals surface area contributed by atoms with Crippen LogP contribution >= 0.6 is 11.6 Å². The van der Waals surface area contributed by atoms with E-state index in [1.54, 1.807) is 0 Å². The summed E-state index contributed by atoms with van der Waals surface area (Å²) in [6, 6.07) is 0. The first kappa shape index (κ1) is 8.78. The van der Waals surface area contributed by atoms with E-state index in [1.807, 2.05) is 0 Å². The molecule has 0 aromatic carbocycles. The number of allylic oxidation sites excluding steroid dienone is 4. The van der Waals surface area contributed by atoms with Crippen LogP contribution in [0.3, 0.4) is 0 Å². The first-order chi connectivity index (χ1) is 5.01. The van der Waals surface area contributed by atoms with Gasteiger partial charge in [0.2, 0.25) is 5.13 Å². The second kappa shape index (κ2) is 2.97. The minimum atomic E-state index is -1.86. The molecule has 2 N–H and O–H groups in total. The molecular formula is C6H7BClFO2. The molecule has 2 nitrogen and oxygen atoms in total. The van der Waals surface area contributed by atoms with Gasteiger partial charge in [0.15, 0.2) is 0 Å². The summed E-state index contributed by atoms with van der Waals surface area (Å²) >= 11 is 5.28. The van der Waals surface area contributed by atoms with Crippen molar-refractivity contribution < 1.29 is 14.4 Å². The molecule has 0 amide bonds. The van der Waals surface area contributed by atoms with Crippen LogP contribution in [0.5, 0.6) is 0 Å². The Kier molecular flexibility index (Phi) is 2.37. The quantitative estimate of drug-likeness (QED) is 0.458. The van der Waals surface area contributed by atoms with Crippen molar-refractivity contribution in [3.05, 3.63) is 23.7 Å². The molecule has 1 atom stereocenters. The largest absolute Gasteiger partial charge is 0.488 e. The van der Waals surface area contributed by atoms with Crippen LogP contribution in [0.4, 0.5) is 4.39 Å². The Hall–Kier alpha value is -0.315. The summed E-state index contributed by atoms with van der Waals surface area (Å²) in [5.41, 5.74) is 0.277. The second-order valence-electron chi connectivity index (χ2n) is 2.38. The smallest absolute Gasteiger partial charge is 0.423 e. The van der Waals surface area contributed by atoms with Gasteiger partial charge >= 0.3 is 7.12 Å². The normalized spacial score (nSPS) is 30.0. The van der Waals surface area contributed by atoms with Crippen molar-refractivity contribution in [2.75, 3.05) is 0 Å². The summed E-state index contributed by atoms with van der Waals surface area (Å²) in [7, 11) is -1.54. The van der Waals surface area contributed by atoms with Gasteiger partial charge in [0.25, 0.3) is 0 Å². The van der Waals surface area contributed by atoms with E-state index in [0.29, 0.717) is 0 Å². The number of hydrogen-bond acceptors (Lipinski definition) is 2. The maximum Gasteiger partial charge on any atom is 0.488 e. The third kappa shape index (κ3) is 2.32. The Morgan fingerprint density at radius 2 is 2.27 bits per heavy atom. The van der Waals surface area contributed by atoms with E-state index >= 15 is 0 Å². The zero-order chi connectivity index (χ0) is 8.48. The molecule has 0 saturated carbocycles. The van der Waals surface area contributed by atoms with Crippen LogP contribution in [0.15, 0.2) is 23.7 Å². The minimum absolute atomic E-state index is 0.0298. The van der Waals surface area contributed by atoms with E-state index in [9.17, 15) is 4.39 Å². The van der Waals surface area contributed by atoms with E-state index in [2.05, 4.69) is 0 Å². The predicted molar refractivity (Wildman–Crippen MR) is 41.7 cm³/mol. The van der Waals surface area contributed by atoms with Crippen molar-refractivity contribution in [2.45, 2.75) is 11.5 Å². The second-order valence-corrected chi connectivity index (χ2v) is 3.00. The highest BCUT2D eigenvalue weighted by Gasteiger charge is 2.26. The molecule has 60 valence electrons. The van der Waals surface area contributed by atoms with Crippen LogP contribution in [0.1, 0.15) is 6.42 Å². The van der Waals surface area contributed by atoms with E-state index in [-0.39, 0.29) is 11.9 Å². The first-order valence-corrected chi connectivity index (χ1v) is 3.52. The van der Waals surface area contributed by atoms with E-state index in [4.69, 9.17) is 21.6 Å². The molecule has 1 unspecified atom stereocenters. The Morgan fingerprint density at radius 1 is 1.64 bits per heavy atom. The van der Waals surface area contributed by atoms with Gasteiger partial charge in [-0.2, -0.15) is 0 Å². The Balaban J connectivity index is 2.68. The fourth-order valence-corrected chi connectivity index (χ4v) is 0.940. The highest BCUT2D eigenvalue weighted by atomic mass is 35.5. The number of alkyl halides is 2. The van der Waals surface area contributed by atoms with Crippen LogP contribution in [0.2, 0.25) is 0 Å². The van der Waals surface area contributed by atoms with Gasteiger partial charge in [-0.25, -0.2) is 4.39 Å². The third-order valence-electron chi connectivity index (χ3n) is 1.43. The maximum absolute atomic E-state index is 12.8. The van der Waals surface area contributed by atoms with Crippen LogP contribution in [0.25, 0.3) is 0 Å². The molecule has 1 rings (SSSR count). The molecule has 0 bridgehead atoms. The molecule has 0 fully saturated rings. The van der Waals surface area contributed by atoms with Gasteiger partial charge in [0, 0.05) is 6.42 Å². The minimum Gasteiger partial charge on any atom is -0.423 e. The van der Waals surface area contributed by atoms with Gasteiger partial charge in [-0.1, -0.05) is 23.8 Å². The number of hydrogen-bond donors (Lipinski definition) is 2. The molecule has 0 aliphatic heterocycles. The van der Waals surface area contributed by atoms with E-state index in [0.717, 1.165) is 6.08 Å². The SMILES string of the molecule is OB(O)C1=CCC(F)(Cl)C=C1. The maximum atomic E-state index is 12.8. The van der Waals surface area contributed by atoms with Crippen molar-refractivity contribution in [1.82, 2.24) is 0 Å². The lowest BCUT2D eigenvalue weighted by atomic mass is 9.76. The summed E-state index contributed by atoms with van der Waals surface area (Å²) in [5.74, 6) is 0. The molecule has 11 heavy (non-hydrogen) atoms. The monoisotopic (exact) mass is 176 g/mol. The Labute approximate surface area is 69.1 Å². The highest BCUT2D eigenvalue weighted by molar-refractivity contribution is 6.52. The van der Waals surface area contributed by atoms with Gasteiger partial charge < -0.3 is 10.0 Å². The molecular weight excluding hydrogens is 169 g/mol. The summed E-state index contributed by atoms with van der Waals surface area (Å²) in [6.45, 7) is 0. The van der Waals surface area contributed by atoms with Crippen molar-refractivity contribution in [2.24, 2.45) is 0 Å². The highest BCUT2D eigenvalue weighted by Crippen LogP contribution is 2.28. The summed E-state index contributed by atoms with van der Waals surface area (Å²) in [4.78, 5) is 0. The number of rotatable bonds is 1. The Morgan fingerprint density at radius 3 is 2.64 bits per heavy atom. The van der Waals surface area contributed by atoms with Crippen molar-refractivity contribution in [1.29, 1.82) is 0 Å². The average Bonchev–Trinajstić information content (AvgIpc) is 1.86.